The van der Waals surface area contributed by atoms with Gasteiger partial charge >= 0.3 is 11.9 Å². The summed E-state index contributed by atoms with van der Waals surface area (Å²) in [6, 6.07) is 0. The molecule has 0 radical (unpaired) electrons. The monoisotopic (exact) mass is 396 g/mol. The molecule has 1 saturated carbocycles. The molecule has 160 valence electrons. The van der Waals surface area contributed by atoms with Gasteiger partial charge in [-0.2, -0.15) is 0 Å². The minimum Gasteiger partial charge on any atom is -0.481 e. The number of rotatable bonds is 14. The molecule has 0 aromatic rings. The first-order valence-corrected chi connectivity index (χ1v) is 10.4. The van der Waals surface area contributed by atoms with Gasteiger partial charge in [0.2, 0.25) is 0 Å². The van der Waals surface area contributed by atoms with E-state index in [1.807, 2.05) is 6.08 Å². The molecule has 1 rings (SSSR count). The Morgan fingerprint density at radius 1 is 1.11 bits per heavy atom. The van der Waals surface area contributed by atoms with Gasteiger partial charge < -0.3 is 20.1 Å². The van der Waals surface area contributed by atoms with Gasteiger partial charge in [-0.1, -0.05) is 50.0 Å². The fraction of sp³-hybridized carbons (Fsp3) is 0.727. The van der Waals surface area contributed by atoms with E-state index >= 15 is 0 Å². The molecule has 0 saturated heterocycles. The molecule has 0 heterocycles. The zero-order chi connectivity index (χ0) is 20.8. The summed E-state index contributed by atoms with van der Waals surface area (Å²) in [4.78, 5) is 23.5. The Balaban J connectivity index is 2.81. The van der Waals surface area contributed by atoms with Gasteiger partial charge in [0.05, 0.1) is 19.6 Å². The van der Waals surface area contributed by atoms with Crippen molar-refractivity contribution in [1.29, 1.82) is 0 Å². The van der Waals surface area contributed by atoms with Crippen molar-refractivity contribution in [1.82, 2.24) is 0 Å². The first kappa shape index (κ1) is 24.4. The fourth-order valence-electron chi connectivity index (χ4n) is 4.00. The normalized spacial score (nSPS) is 18.5. The second kappa shape index (κ2) is 13.5. The molecule has 1 fully saturated rings. The van der Waals surface area contributed by atoms with E-state index < -0.39 is 17.5 Å². The van der Waals surface area contributed by atoms with Gasteiger partial charge in [0.15, 0.2) is 0 Å². The van der Waals surface area contributed by atoms with Crippen LogP contribution in [0, 0.1) is 11.3 Å². The Bertz CT molecular complexity index is 521. The van der Waals surface area contributed by atoms with Crippen molar-refractivity contribution in [2.75, 3.05) is 13.7 Å². The van der Waals surface area contributed by atoms with Crippen molar-refractivity contribution in [3.63, 3.8) is 0 Å². The van der Waals surface area contributed by atoms with Crippen LogP contribution in [0.3, 0.4) is 0 Å². The Labute approximate surface area is 168 Å². The van der Waals surface area contributed by atoms with Crippen LogP contribution in [0.15, 0.2) is 24.3 Å². The maximum Gasteiger partial charge on any atom is 0.316 e. The van der Waals surface area contributed by atoms with E-state index in [4.69, 9.17) is 5.11 Å². The Morgan fingerprint density at radius 3 is 2.39 bits per heavy atom. The third-order valence-corrected chi connectivity index (χ3v) is 5.66. The smallest absolute Gasteiger partial charge is 0.316 e. The summed E-state index contributed by atoms with van der Waals surface area (Å²) < 4.78 is 4.57. The predicted molar refractivity (Wildman–Crippen MR) is 108 cm³/mol. The van der Waals surface area contributed by atoms with E-state index in [1.165, 1.54) is 7.11 Å². The number of hydrogen-bond donors (Lipinski definition) is 3. The molecular formula is C22H36O6. The number of carboxylic acids is 1. The van der Waals surface area contributed by atoms with E-state index in [0.29, 0.717) is 0 Å². The number of aliphatic hydroxyl groups excluding tert-OH is 2. The van der Waals surface area contributed by atoms with E-state index in [2.05, 4.69) is 4.74 Å². The van der Waals surface area contributed by atoms with Gasteiger partial charge in [0, 0.05) is 6.61 Å². The third kappa shape index (κ3) is 7.40. The van der Waals surface area contributed by atoms with Crippen LogP contribution in [0.25, 0.3) is 0 Å². The van der Waals surface area contributed by atoms with Crippen LogP contribution >= 0.6 is 0 Å². The lowest BCUT2D eigenvalue weighted by Crippen LogP contribution is -2.46. The third-order valence-electron chi connectivity index (χ3n) is 5.66. The van der Waals surface area contributed by atoms with Crippen LogP contribution in [-0.2, 0) is 14.3 Å². The van der Waals surface area contributed by atoms with Crippen molar-refractivity contribution in [2.24, 2.45) is 11.3 Å². The first-order valence-electron chi connectivity index (χ1n) is 10.4. The highest BCUT2D eigenvalue weighted by Gasteiger charge is 2.49. The highest BCUT2D eigenvalue weighted by Crippen LogP contribution is 2.45. The quantitative estimate of drug-likeness (QED) is 0.235. The summed E-state index contributed by atoms with van der Waals surface area (Å²) in [5, 5.41) is 29.7. The number of carbonyl (C=O) groups is 2. The van der Waals surface area contributed by atoms with Crippen LogP contribution in [0.1, 0.15) is 70.6 Å². The number of methoxy groups -OCH3 is 1. The van der Waals surface area contributed by atoms with Crippen LogP contribution in [0.2, 0.25) is 0 Å². The molecule has 0 aromatic carbocycles. The fourth-order valence-corrected chi connectivity index (χ4v) is 4.00. The van der Waals surface area contributed by atoms with E-state index in [0.717, 1.165) is 57.8 Å². The van der Waals surface area contributed by atoms with Gasteiger partial charge in [-0.15, -0.1) is 0 Å². The van der Waals surface area contributed by atoms with E-state index in [-0.39, 0.29) is 31.3 Å². The number of ether oxygens (including phenoxy) is 1. The SMILES string of the molecule is COC(=O)CC=CC[C@@H](O)[C@](C=CCCCCCCO)(C(=O)O)C1CCCC1. The maximum atomic E-state index is 12.3. The molecule has 0 aromatic heterocycles. The first-order chi connectivity index (χ1) is 13.5. The van der Waals surface area contributed by atoms with Gasteiger partial charge in [-0.25, -0.2) is 0 Å². The Morgan fingerprint density at radius 2 is 1.79 bits per heavy atom. The van der Waals surface area contributed by atoms with Crippen LogP contribution in [0.5, 0.6) is 0 Å². The second-order valence-electron chi connectivity index (χ2n) is 7.55. The molecule has 2 atom stereocenters. The molecule has 28 heavy (non-hydrogen) atoms. The molecule has 1 aliphatic carbocycles. The number of aliphatic hydroxyl groups is 2. The largest absolute Gasteiger partial charge is 0.481 e. The summed E-state index contributed by atoms with van der Waals surface area (Å²) >= 11 is 0. The zero-order valence-corrected chi connectivity index (χ0v) is 17.0. The van der Waals surface area contributed by atoms with Crippen LogP contribution < -0.4 is 0 Å². The standard InChI is InChI=1S/C22H36O6/c1-28-20(25)15-9-8-14-19(24)22(21(26)27,18-12-6-7-13-18)16-10-4-2-3-5-11-17-23/h8-10,16,18-19,23-24H,2-7,11-15,17H2,1H3,(H,26,27)/t19-,22-/m1/s1. The molecular weight excluding hydrogens is 360 g/mol. The van der Waals surface area contributed by atoms with Gasteiger partial charge in [0.1, 0.15) is 5.41 Å². The topological polar surface area (TPSA) is 104 Å². The summed E-state index contributed by atoms with van der Waals surface area (Å²) in [5.41, 5.74) is -1.29. The minimum atomic E-state index is -1.29. The number of unbranched alkanes of at least 4 members (excludes halogenated alkanes) is 4. The zero-order valence-electron chi connectivity index (χ0n) is 17.0. The Kier molecular flexibility index (Phi) is 11.8. The summed E-state index contributed by atoms with van der Waals surface area (Å²) in [6.45, 7) is 0.204. The van der Waals surface area contributed by atoms with Gasteiger partial charge in [-0.05, 0) is 44.4 Å². The molecule has 0 bridgehead atoms. The molecule has 0 aliphatic heterocycles. The van der Waals surface area contributed by atoms with Gasteiger partial charge in [-0.3, -0.25) is 9.59 Å². The molecule has 0 spiro atoms. The average Bonchev–Trinajstić information content (AvgIpc) is 3.21. The summed E-state index contributed by atoms with van der Waals surface area (Å²) in [7, 11) is 1.31. The number of carbonyl (C=O) groups excluding carboxylic acids is 1. The molecule has 0 amide bonds. The van der Waals surface area contributed by atoms with Crippen molar-refractivity contribution >= 4 is 11.9 Å². The van der Waals surface area contributed by atoms with E-state index in [1.54, 1.807) is 18.2 Å². The van der Waals surface area contributed by atoms with Gasteiger partial charge in [0.25, 0.3) is 0 Å². The van der Waals surface area contributed by atoms with E-state index in [9.17, 15) is 19.8 Å². The lowest BCUT2D eigenvalue weighted by molar-refractivity contribution is -0.156. The number of aliphatic carboxylic acids is 1. The maximum absolute atomic E-state index is 12.3. The lowest BCUT2D eigenvalue weighted by Gasteiger charge is -2.36. The number of carboxylic acid groups (broad SMARTS) is 1. The Hall–Kier alpha value is -1.66. The molecule has 6 heteroatoms. The highest BCUT2D eigenvalue weighted by atomic mass is 16.5. The molecule has 1 aliphatic rings. The van der Waals surface area contributed by atoms with Crippen molar-refractivity contribution < 1.29 is 29.6 Å². The second-order valence-corrected chi connectivity index (χ2v) is 7.55. The van der Waals surface area contributed by atoms with Crippen molar-refractivity contribution in [3.05, 3.63) is 24.3 Å². The summed E-state index contributed by atoms with van der Waals surface area (Å²) in [6.07, 6.45) is 14.2. The lowest BCUT2D eigenvalue weighted by atomic mass is 9.68. The molecule has 3 N–H and O–H groups in total. The molecule has 0 unspecified atom stereocenters. The minimum absolute atomic E-state index is 0.0837. The number of hydrogen-bond acceptors (Lipinski definition) is 5. The van der Waals surface area contributed by atoms with Crippen molar-refractivity contribution in [2.45, 2.75) is 76.7 Å². The van der Waals surface area contributed by atoms with Crippen molar-refractivity contribution in [3.8, 4) is 0 Å². The predicted octanol–water partition coefficient (Wildman–Crippen LogP) is 3.62. The molecule has 6 nitrogen and oxygen atoms in total. The number of esters is 1. The highest BCUT2D eigenvalue weighted by molar-refractivity contribution is 5.78. The number of allylic oxidation sites excluding steroid dienone is 1. The van der Waals surface area contributed by atoms with Crippen LogP contribution in [0.4, 0.5) is 0 Å². The average molecular weight is 397 g/mol. The summed E-state index contributed by atoms with van der Waals surface area (Å²) in [5.74, 6) is -1.43. The van der Waals surface area contributed by atoms with Crippen LogP contribution in [-0.4, -0.2) is 47.1 Å².